The number of hydrogen-bond donors (Lipinski definition) is 0. The molecule has 5 rings (SSSR count). The van der Waals surface area contributed by atoms with Crippen LogP contribution >= 0.6 is 0 Å². The van der Waals surface area contributed by atoms with Crippen molar-refractivity contribution < 1.29 is 13.5 Å². The molecule has 1 aliphatic rings. The lowest BCUT2D eigenvalue weighted by Gasteiger charge is -2.24. The van der Waals surface area contributed by atoms with Gasteiger partial charge in [-0.05, 0) is 43.2 Å². The van der Waals surface area contributed by atoms with Crippen LogP contribution < -0.4 is 10.3 Å². The van der Waals surface area contributed by atoms with Crippen LogP contribution in [0.4, 0.5) is 8.78 Å². The zero-order valence-electron chi connectivity index (χ0n) is 18.2. The molecule has 0 atom stereocenters. The van der Waals surface area contributed by atoms with Crippen LogP contribution in [-0.4, -0.2) is 27.8 Å². The lowest BCUT2D eigenvalue weighted by Crippen LogP contribution is -2.35. The van der Waals surface area contributed by atoms with Gasteiger partial charge in [0.1, 0.15) is 5.75 Å². The molecule has 5 nitrogen and oxygen atoms in total. The Hall–Kier alpha value is -3.58. The lowest BCUT2D eigenvalue weighted by atomic mass is 10.0. The van der Waals surface area contributed by atoms with Gasteiger partial charge in [0.15, 0.2) is 11.6 Å². The zero-order valence-corrected chi connectivity index (χ0v) is 18.2. The van der Waals surface area contributed by atoms with Gasteiger partial charge in [-0.3, -0.25) is 9.69 Å². The number of para-hydroxylation sites is 1. The molecule has 0 radical (unpaired) electrons. The van der Waals surface area contributed by atoms with E-state index >= 15 is 0 Å². The summed E-state index contributed by atoms with van der Waals surface area (Å²) >= 11 is 0. The van der Waals surface area contributed by atoms with Gasteiger partial charge in [0.25, 0.3) is 5.56 Å². The number of rotatable bonds is 7. The first kappa shape index (κ1) is 21.3. The zero-order chi connectivity index (χ0) is 22.9. The van der Waals surface area contributed by atoms with Gasteiger partial charge >= 0.3 is 0 Å². The summed E-state index contributed by atoms with van der Waals surface area (Å²) in [6.45, 7) is 0.888. The molecule has 1 heterocycles. The number of benzene rings is 3. The predicted molar refractivity (Wildman–Crippen MR) is 123 cm³/mol. The van der Waals surface area contributed by atoms with Gasteiger partial charge in [-0.2, -0.15) is 5.10 Å². The Morgan fingerprint density at radius 2 is 1.73 bits per heavy atom. The van der Waals surface area contributed by atoms with Gasteiger partial charge < -0.3 is 4.74 Å². The van der Waals surface area contributed by atoms with Gasteiger partial charge in [-0.1, -0.05) is 36.4 Å². The van der Waals surface area contributed by atoms with E-state index < -0.39 is 11.6 Å². The van der Waals surface area contributed by atoms with Crippen molar-refractivity contribution in [1.82, 2.24) is 14.7 Å². The monoisotopic (exact) mass is 447 g/mol. The van der Waals surface area contributed by atoms with E-state index in [-0.39, 0.29) is 12.2 Å². The summed E-state index contributed by atoms with van der Waals surface area (Å²) in [6.07, 6.45) is 2.10. The van der Waals surface area contributed by atoms with Crippen molar-refractivity contribution in [3.05, 3.63) is 94.3 Å². The Bertz CT molecular complexity index is 1380. The van der Waals surface area contributed by atoms with E-state index in [1.807, 2.05) is 24.3 Å². The average Bonchev–Trinajstić information content (AvgIpc) is 3.68. The summed E-state index contributed by atoms with van der Waals surface area (Å²) in [5.74, 6) is -1.08. The molecule has 1 saturated carbocycles. The molecule has 0 amide bonds. The van der Waals surface area contributed by atoms with E-state index in [2.05, 4.69) is 10.00 Å². The molecular formula is C26H23F2N3O2. The lowest BCUT2D eigenvalue weighted by molar-refractivity contribution is 0.182. The summed E-state index contributed by atoms with van der Waals surface area (Å²) in [6, 6.07) is 18.9. The smallest absolute Gasteiger partial charge is 0.275 e. The molecule has 0 aliphatic heterocycles. The van der Waals surface area contributed by atoms with E-state index in [9.17, 15) is 13.6 Å². The summed E-state index contributed by atoms with van der Waals surface area (Å²) in [5, 5.41) is 5.71. The molecule has 1 fully saturated rings. The van der Waals surface area contributed by atoms with Crippen molar-refractivity contribution in [3.63, 3.8) is 0 Å². The molecule has 0 saturated heterocycles. The van der Waals surface area contributed by atoms with Crippen LogP contribution in [0.1, 0.15) is 18.4 Å². The molecule has 0 spiro atoms. The fraction of sp³-hybridized carbons (Fsp3) is 0.231. The molecule has 7 heteroatoms. The minimum Gasteiger partial charge on any atom is -0.496 e. The molecule has 1 aromatic heterocycles. The number of halogens is 2. The van der Waals surface area contributed by atoms with E-state index in [4.69, 9.17) is 4.74 Å². The quantitative estimate of drug-likeness (QED) is 0.401. The molecule has 0 unspecified atom stereocenters. The Balaban J connectivity index is 1.58. The Morgan fingerprint density at radius 3 is 2.45 bits per heavy atom. The van der Waals surface area contributed by atoms with Crippen LogP contribution in [-0.2, 0) is 13.2 Å². The number of ether oxygens (including phenoxy) is 1. The minimum absolute atomic E-state index is 0.220. The Kier molecular flexibility index (Phi) is 5.64. The molecule has 1 aliphatic carbocycles. The minimum atomic E-state index is -0.952. The number of fused-ring (bicyclic) bond motifs is 1. The summed E-state index contributed by atoms with van der Waals surface area (Å²) in [5.41, 5.74) is 1.67. The first-order valence-electron chi connectivity index (χ1n) is 10.9. The third kappa shape index (κ3) is 4.24. The summed E-state index contributed by atoms with van der Waals surface area (Å²) < 4.78 is 34.5. The maximum atomic E-state index is 14.0. The third-order valence-corrected chi connectivity index (χ3v) is 6.01. The molecule has 33 heavy (non-hydrogen) atoms. The maximum absolute atomic E-state index is 14.0. The highest BCUT2D eigenvalue weighted by molar-refractivity contribution is 5.93. The van der Waals surface area contributed by atoms with Crippen LogP contribution in [0, 0.1) is 11.6 Å². The number of hydrogen-bond acceptors (Lipinski definition) is 4. The largest absolute Gasteiger partial charge is 0.496 e. The van der Waals surface area contributed by atoms with Crippen LogP contribution in [0.2, 0.25) is 0 Å². The maximum Gasteiger partial charge on any atom is 0.275 e. The third-order valence-electron chi connectivity index (χ3n) is 6.01. The van der Waals surface area contributed by atoms with Crippen LogP contribution in [0.5, 0.6) is 5.75 Å². The predicted octanol–water partition coefficient (Wildman–Crippen LogP) is 4.97. The van der Waals surface area contributed by atoms with Gasteiger partial charge in [0, 0.05) is 29.1 Å². The molecule has 3 aromatic carbocycles. The first-order valence-corrected chi connectivity index (χ1v) is 10.9. The normalized spacial score (nSPS) is 13.6. The van der Waals surface area contributed by atoms with Crippen molar-refractivity contribution in [3.8, 4) is 17.0 Å². The fourth-order valence-corrected chi connectivity index (χ4v) is 4.15. The van der Waals surface area contributed by atoms with Gasteiger partial charge in [0.05, 0.1) is 24.9 Å². The highest BCUT2D eigenvalue weighted by atomic mass is 19.2. The van der Waals surface area contributed by atoms with Crippen molar-refractivity contribution in [2.45, 2.75) is 32.1 Å². The van der Waals surface area contributed by atoms with E-state index in [0.29, 0.717) is 34.6 Å². The summed E-state index contributed by atoms with van der Waals surface area (Å²) in [7, 11) is 1.64. The molecule has 0 N–H and O–H groups in total. The second-order valence-corrected chi connectivity index (χ2v) is 8.26. The molecule has 0 bridgehead atoms. The van der Waals surface area contributed by atoms with Crippen molar-refractivity contribution in [2.24, 2.45) is 0 Å². The summed E-state index contributed by atoms with van der Waals surface area (Å²) in [4.78, 5) is 15.5. The van der Waals surface area contributed by atoms with Gasteiger partial charge in [0.2, 0.25) is 0 Å². The van der Waals surface area contributed by atoms with Gasteiger partial charge in [-0.25, -0.2) is 13.5 Å². The molecule has 4 aromatic rings. The van der Waals surface area contributed by atoms with E-state index in [1.165, 1.54) is 10.7 Å². The van der Waals surface area contributed by atoms with Crippen LogP contribution in [0.15, 0.2) is 71.5 Å². The fourth-order valence-electron chi connectivity index (χ4n) is 4.15. The van der Waals surface area contributed by atoms with E-state index in [1.54, 1.807) is 31.4 Å². The van der Waals surface area contributed by atoms with Crippen molar-refractivity contribution >= 4 is 10.8 Å². The molecule has 168 valence electrons. The Morgan fingerprint density at radius 1 is 1.00 bits per heavy atom. The SMILES string of the molecule is COc1ccccc1CN(Cn1nc(-c2ccc(F)c(F)c2)c2ccccc2c1=O)C1CC1. The number of methoxy groups -OCH3 is 1. The Labute approximate surface area is 189 Å². The second kappa shape index (κ2) is 8.75. The van der Waals surface area contributed by atoms with Gasteiger partial charge in [-0.15, -0.1) is 0 Å². The average molecular weight is 447 g/mol. The molecular weight excluding hydrogens is 424 g/mol. The van der Waals surface area contributed by atoms with E-state index in [0.717, 1.165) is 36.3 Å². The van der Waals surface area contributed by atoms with Crippen molar-refractivity contribution in [1.29, 1.82) is 0 Å². The number of aromatic nitrogens is 2. The number of nitrogens with zero attached hydrogens (tertiary/aromatic N) is 3. The highest BCUT2D eigenvalue weighted by Gasteiger charge is 2.30. The second-order valence-electron chi connectivity index (χ2n) is 8.26. The van der Waals surface area contributed by atoms with Crippen LogP contribution in [0.25, 0.3) is 22.0 Å². The first-order chi connectivity index (χ1) is 16.0. The topological polar surface area (TPSA) is 47.4 Å². The highest BCUT2D eigenvalue weighted by Crippen LogP contribution is 2.31. The van der Waals surface area contributed by atoms with Crippen molar-refractivity contribution in [2.75, 3.05) is 7.11 Å². The van der Waals surface area contributed by atoms with Crippen LogP contribution in [0.3, 0.4) is 0 Å². The standard InChI is InChI=1S/C26H23F2N3O2/c1-33-24-9-5-2-6-18(24)15-30(19-11-12-19)16-31-26(32)21-8-4-3-7-20(21)25(29-31)17-10-13-22(27)23(28)14-17/h2-10,13-14,19H,11-12,15-16H2,1H3.